The molecule has 0 spiro atoms. The van der Waals surface area contributed by atoms with Crippen molar-refractivity contribution in [3.8, 4) is 0 Å². The van der Waals surface area contributed by atoms with Crippen molar-refractivity contribution >= 4 is 14.5 Å². The molecule has 0 aliphatic rings. The zero-order valence-corrected chi connectivity index (χ0v) is 9.15. The van der Waals surface area contributed by atoms with E-state index in [0.717, 1.165) is 5.56 Å². The third-order valence-corrected chi connectivity index (χ3v) is 2.73. The monoisotopic (exact) mass is 210 g/mol. The summed E-state index contributed by atoms with van der Waals surface area (Å²) in [5, 5.41) is 0. The molecule has 0 amide bonds. The Morgan fingerprint density at radius 3 is 2.71 bits per heavy atom. The van der Waals surface area contributed by atoms with Crippen LogP contribution >= 0.6 is 8.38 Å². The summed E-state index contributed by atoms with van der Waals surface area (Å²) in [7, 11) is -1.26. The van der Waals surface area contributed by atoms with Crippen molar-refractivity contribution < 1.29 is 9.42 Å². The van der Waals surface area contributed by atoms with Crippen molar-refractivity contribution in [2.75, 3.05) is 12.8 Å². The zero-order chi connectivity index (χ0) is 10.2. The van der Waals surface area contributed by atoms with Gasteiger partial charge in [-0.25, -0.2) is 0 Å². The molecule has 0 saturated carbocycles. The van der Waals surface area contributed by atoms with Gasteiger partial charge in [-0.05, 0) is 12.5 Å². The van der Waals surface area contributed by atoms with Gasteiger partial charge in [-0.3, -0.25) is 0 Å². The Balaban J connectivity index is 2.34. The normalized spacial score (nSPS) is 13.3. The lowest BCUT2D eigenvalue weighted by Gasteiger charge is -2.04. The van der Waals surface area contributed by atoms with E-state index in [-0.39, 0.29) is 0 Å². The molecule has 1 aromatic rings. The van der Waals surface area contributed by atoms with Crippen LogP contribution in [-0.4, -0.2) is 17.7 Å². The largest absolute Gasteiger partial charge is 0.350 e. The maximum Gasteiger partial charge on any atom is 0.171 e. The number of benzene rings is 1. The summed E-state index contributed by atoms with van der Waals surface area (Å²) in [6, 6.07) is 10.0. The maximum atomic E-state index is 9.32. The second-order valence-corrected chi connectivity index (χ2v) is 4.09. The standard InChI is InChI=1S/C11H15O2P/c1-2-13-14(12)10-6-9-11-7-4-3-5-8-11/h3-9,12H,2,10H2,1H3/b9-6+. The van der Waals surface area contributed by atoms with Crippen LogP contribution < -0.4 is 0 Å². The van der Waals surface area contributed by atoms with E-state index in [9.17, 15) is 4.89 Å². The molecule has 0 bridgehead atoms. The number of allylic oxidation sites excluding steroid dienone is 1. The second-order valence-electron chi connectivity index (χ2n) is 2.77. The smallest absolute Gasteiger partial charge is 0.171 e. The van der Waals surface area contributed by atoms with Gasteiger partial charge >= 0.3 is 0 Å². The average Bonchev–Trinajstić information content (AvgIpc) is 2.20. The molecule has 0 aromatic heterocycles. The first-order chi connectivity index (χ1) is 6.83. The Bertz CT molecular complexity index is 272. The molecule has 1 N–H and O–H groups in total. The van der Waals surface area contributed by atoms with Crippen LogP contribution in [0.2, 0.25) is 0 Å². The van der Waals surface area contributed by atoms with Crippen molar-refractivity contribution in [3.05, 3.63) is 42.0 Å². The first-order valence-electron chi connectivity index (χ1n) is 4.64. The molecule has 14 heavy (non-hydrogen) atoms. The van der Waals surface area contributed by atoms with Crippen molar-refractivity contribution in [2.45, 2.75) is 6.92 Å². The topological polar surface area (TPSA) is 29.5 Å². The van der Waals surface area contributed by atoms with Crippen LogP contribution in [0.25, 0.3) is 6.08 Å². The molecular weight excluding hydrogens is 195 g/mol. The quantitative estimate of drug-likeness (QED) is 0.757. The number of hydrogen-bond donors (Lipinski definition) is 1. The van der Waals surface area contributed by atoms with Gasteiger partial charge in [0.1, 0.15) is 0 Å². The van der Waals surface area contributed by atoms with Gasteiger partial charge in [0.25, 0.3) is 0 Å². The first kappa shape index (κ1) is 11.4. The van der Waals surface area contributed by atoms with Crippen LogP contribution in [0, 0.1) is 0 Å². The van der Waals surface area contributed by atoms with Gasteiger partial charge in [-0.1, -0.05) is 42.5 Å². The summed E-state index contributed by atoms with van der Waals surface area (Å²) in [6.45, 7) is 2.45. The predicted molar refractivity (Wildman–Crippen MR) is 61.1 cm³/mol. The minimum atomic E-state index is -1.26. The summed E-state index contributed by atoms with van der Waals surface area (Å²) >= 11 is 0. The summed E-state index contributed by atoms with van der Waals surface area (Å²) in [5.41, 5.74) is 1.15. The van der Waals surface area contributed by atoms with Crippen molar-refractivity contribution in [1.29, 1.82) is 0 Å². The maximum absolute atomic E-state index is 9.32. The molecule has 0 radical (unpaired) electrons. The lowest BCUT2D eigenvalue weighted by Crippen LogP contribution is -1.85. The van der Waals surface area contributed by atoms with Crippen molar-refractivity contribution in [1.82, 2.24) is 0 Å². The van der Waals surface area contributed by atoms with Gasteiger partial charge in [0.15, 0.2) is 8.38 Å². The molecule has 1 atom stereocenters. The number of hydrogen-bond acceptors (Lipinski definition) is 2. The highest BCUT2D eigenvalue weighted by molar-refractivity contribution is 7.46. The minimum absolute atomic E-state index is 0.571. The van der Waals surface area contributed by atoms with E-state index >= 15 is 0 Å². The Morgan fingerprint density at radius 1 is 1.36 bits per heavy atom. The summed E-state index contributed by atoms with van der Waals surface area (Å²) in [5.74, 6) is 0. The van der Waals surface area contributed by atoms with Gasteiger partial charge in [0.05, 0.1) is 6.61 Å². The van der Waals surface area contributed by atoms with Crippen LogP contribution in [-0.2, 0) is 4.52 Å². The Labute approximate surface area is 86.1 Å². The van der Waals surface area contributed by atoms with Crippen LogP contribution in [0.1, 0.15) is 12.5 Å². The first-order valence-corrected chi connectivity index (χ1v) is 6.03. The van der Waals surface area contributed by atoms with Gasteiger partial charge in [-0.15, -0.1) is 0 Å². The third kappa shape index (κ3) is 4.52. The van der Waals surface area contributed by atoms with Gasteiger partial charge < -0.3 is 9.42 Å². The van der Waals surface area contributed by atoms with E-state index in [1.54, 1.807) is 0 Å². The molecular formula is C11H15O2P. The van der Waals surface area contributed by atoms with E-state index in [2.05, 4.69) is 0 Å². The van der Waals surface area contributed by atoms with Crippen LogP contribution in [0.4, 0.5) is 0 Å². The Hall–Kier alpha value is -0.690. The zero-order valence-electron chi connectivity index (χ0n) is 8.26. The molecule has 0 aliphatic carbocycles. The van der Waals surface area contributed by atoms with Crippen LogP contribution in [0.5, 0.6) is 0 Å². The van der Waals surface area contributed by atoms with Crippen molar-refractivity contribution in [2.24, 2.45) is 0 Å². The van der Waals surface area contributed by atoms with Crippen LogP contribution in [0.15, 0.2) is 36.4 Å². The molecule has 1 aromatic carbocycles. The van der Waals surface area contributed by atoms with Crippen molar-refractivity contribution in [3.63, 3.8) is 0 Å². The molecule has 76 valence electrons. The fraction of sp³-hybridized carbons (Fsp3) is 0.273. The van der Waals surface area contributed by atoms with Crippen LogP contribution in [0.3, 0.4) is 0 Å². The highest BCUT2D eigenvalue weighted by atomic mass is 31.2. The van der Waals surface area contributed by atoms with E-state index in [0.29, 0.717) is 12.8 Å². The Kier molecular flexibility index (Phi) is 5.46. The van der Waals surface area contributed by atoms with Gasteiger partial charge in [-0.2, -0.15) is 0 Å². The Morgan fingerprint density at radius 2 is 2.07 bits per heavy atom. The summed E-state index contributed by atoms with van der Waals surface area (Å²) < 4.78 is 5.05. The summed E-state index contributed by atoms with van der Waals surface area (Å²) in [4.78, 5) is 9.32. The third-order valence-electron chi connectivity index (χ3n) is 1.65. The minimum Gasteiger partial charge on any atom is -0.350 e. The molecule has 3 heteroatoms. The molecule has 2 nitrogen and oxygen atoms in total. The van der Waals surface area contributed by atoms with E-state index in [1.807, 2.05) is 49.4 Å². The lowest BCUT2D eigenvalue weighted by molar-refractivity contribution is 0.331. The van der Waals surface area contributed by atoms with E-state index < -0.39 is 8.38 Å². The lowest BCUT2D eigenvalue weighted by atomic mass is 10.2. The number of rotatable bonds is 5. The van der Waals surface area contributed by atoms with E-state index in [4.69, 9.17) is 4.52 Å². The molecule has 0 fully saturated rings. The molecule has 0 aliphatic heterocycles. The van der Waals surface area contributed by atoms with Gasteiger partial charge in [0.2, 0.25) is 0 Å². The average molecular weight is 210 g/mol. The SMILES string of the molecule is CCOP(O)C/C=C/c1ccccc1. The molecule has 1 unspecified atom stereocenters. The molecule has 1 rings (SSSR count). The van der Waals surface area contributed by atoms with E-state index in [1.165, 1.54) is 0 Å². The second kappa shape index (κ2) is 6.72. The molecule has 0 heterocycles. The fourth-order valence-corrected chi connectivity index (χ4v) is 1.73. The fourth-order valence-electron chi connectivity index (χ4n) is 1.04. The van der Waals surface area contributed by atoms with Gasteiger partial charge in [0, 0.05) is 6.16 Å². The summed E-state index contributed by atoms with van der Waals surface area (Å²) in [6.07, 6.45) is 4.53. The molecule has 0 saturated heterocycles. The highest BCUT2D eigenvalue weighted by Gasteiger charge is 1.98. The highest BCUT2D eigenvalue weighted by Crippen LogP contribution is 2.30. The predicted octanol–water partition coefficient (Wildman–Crippen LogP) is 3.04.